The highest BCUT2D eigenvalue weighted by Crippen LogP contribution is 2.43. The van der Waals surface area contributed by atoms with Gasteiger partial charge < -0.3 is 15.8 Å². The molecule has 1 aliphatic rings. The molecule has 2 aromatic rings. The lowest BCUT2D eigenvalue weighted by Crippen LogP contribution is -2.32. The highest BCUT2D eigenvalue weighted by atomic mass is 16.4. The normalized spacial score (nSPS) is 16.7. The number of aromatic amines is 1. The van der Waals surface area contributed by atoms with Crippen molar-refractivity contribution in [1.29, 1.82) is 0 Å². The van der Waals surface area contributed by atoms with Crippen molar-refractivity contribution in [2.75, 3.05) is 0 Å². The monoisotopic (exact) mass is 258 g/mol. The van der Waals surface area contributed by atoms with Gasteiger partial charge in [-0.3, -0.25) is 4.79 Å². The summed E-state index contributed by atoms with van der Waals surface area (Å²) in [6.45, 7) is 1.99. The maximum absolute atomic E-state index is 10.9. The lowest BCUT2D eigenvalue weighted by Gasteiger charge is -2.07. The average Bonchev–Trinajstić information content (AvgIpc) is 3.15. The van der Waals surface area contributed by atoms with E-state index in [4.69, 9.17) is 10.8 Å². The van der Waals surface area contributed by atoms with Gasteiger partial charge in [-0.2, -0.15) is 0 Å². The molecule has 4 nitrogen and oxygen atoms in total. The zero-order valence-corrected chi connectivity index (χ0v) is 10.9. The van der Waals surface area contributed by atoms with Gasteiger partial charge in [-0.05, 0) is 36.8 Å². The van der Waals surface area contributed by atoms with Crippen LogP contribution in [0, 0.1) is 6.92 Å². The van der Waals surface area contributed by atoms with E-state index in [1.807, 2.05) is 6.92 Å². The number of carboxylic acid groups (broad SMARTS) is 1. The van der Waals surface area contributed by atoms with Crippen molar-refractivity contribution in [3.8, 4) is 0 Å². The smallest absolute Gasteiger partial charge is 0.320 e. The van der Waals surface area contributed by atoms with Gasteiger partial charge in [-0.15, -0.1) is 0 Å². The maximum atomic E-state index is 10.9. The second-order valence-corrected chi connectivity index (χ2v) is 5.42. The van der Waals surface area contributed by atoms with Gasteiger partial charge in [0.15, 0.2) is 0 Å². The lowest BCUT2D eigenvalue weighted by molar-refractivity contribution is -0.138. The molecule has 1 fully saturated rings. The average molecular weight is 258 g/mol. The van der Waals surface area contributed by atoms with Crippen LogP contribution in [-0.4, -0.2) is 22.1 Å². The van der Waals surface area contributed by atoms with Crippen molar-refractivity contribution in [2.45, 2.75) is 38.1 Å². The molecule has 1 unspecified atom stereocenters. The molecule has 0 bridgehead atoms. The quantitative estimate of drug-likeness (QED) is 0.787. The maximum Gasteiger partial charge on any atom is 0.320 e. The summed E-state index contributed by atoms with van der Waals surface area (Å²) in [7, 11) is 0. The molecule has 0 spiro atoms. The molecule has 19 heavy (non-hydrogen) atoms. The van der Waals surface area contributed by atoms with Crippen molar-refractivity contribution < 1.29 is 9.90 Å². The van der Waals surface area contributed by atoms with Crippen LogP contribution in [-0.2, 0) is 11.2 Å². The number of benzene rings is 1. The lowest BCUT2D eigenvalue weighted by atomic mass is 10.0. The standard InChI is InChI=1S/C15H18N2O2/c1-8-12(7-13(16)15(18)19)11-4-2-3-10(9-5-6-9)14(11)17-8/h2-4,9,13,17H,5-7,16H2,1H3,(H,18,19). The SMILES string of the molecule is Cc1[nH]c2c(C3CC3)cccc2c1CC(N)C(=O)O. The van der Waals surface area contributed by atoms with Crippen molar-refractivity contribution in [3.05, 3.63) is 35.0 Å². The van der Waals surface area contributed by atoms with E-state index in [0.29, 0.717) is 12.3 Å². The number of fused-ring (bicyclic) bond motifs is 1. The van der Waals surface area contributed by atoms with Gasteiger partial charge in [0.1, 0.15) is 6.04 Å². The summed E-state index contributed by atoms with van der Waals surface area (Å²) in [6, 6.07) is 5.42. The zero-order chi connectivity index (χ0) is 13.6. The third kappa shape index (κ3) is 2.12. The number of nitrogens with one attached hydrogen (secondary N) is 1. The molecule has 1 aliphatic carbocycles. The fraction of sp³-hybridized carbons (Fsp3) is 0.400. The van der Waals surface area contributed by atoms with Gasteiger partial charge in [0.2, 0.25) is 0 Å². The molecule has 4 heteroatoms. The van der Waals surface area contributed by atoms with Crippen LogP contribution in [0.4, 0.5) is 0 Å². The van der Waals surface area contributed by atoms with Crippen LogP contribution in [0.3, 0.4) is 0 Å². The number of hydrogen-bond donors (Lipinski definition) is 3. The van der Waals surface area contributed by atoms with E-state index < -0.39 is 12.0 Å². The number of rotatable bonds is 4. The molecular formula is C15H18N2O2. The van der Waals surface area contributed by atoms with Crippen LogP contribution in [0.15, 0.2) is 18.2 Å². The Morgan fingerprint density at radius 3 is 2.89 bits per heavy atom. The van der Waals surface area contributed by atoms with Gasteiger partial charge in [0.05, 0.1) is 0 Å². The second-order valence-electron chi connectivity index (χ2n) is 5.42. The molecule has 1 saturated carbocycles. The molecular weight excluding hydrogens is 240 g/mol. The molecule has 0 saturated heterocycles. The first kappa shape index (κ1) is 12.2. The molecule has 0 amide bonds. The minimum absolute atomic E-state index is 0.370. The number of carboxylic acids is 1. The summed E-state index contributed by atoms with van der Waals surface area (Å²) in [4.78, 5) is 14.3. The predicted octanol–water partition coefficient (Wildman–Crippen LogP) is 2.31. The van der Waals surface area contributed by atoms with Crippen molar-refractivity contribution >= 4 is 16.9 Å². The van der Waals surface area contributed by atoms with Crippen LogP contribution >= 0.6 is 0 Å². The summed E-state index contributed by atoms with van der Waals surface area (Å²) in [5, 5.41) is 10.1. The molecule has 1 heterocycles. The van der Waals surface area contributed by atoms with Crippen LogP contribution in [0.1, 0.15) is 35.6 Å². The topological polar surface area (TPSA) is 79.1 Å². The van der Waals surface area contributed by atoms with E-state index in [-0.39, 0.29) is 0 Å². The van der Waals surface area contributed by atoms with Crippen molar-refractivity contribution in [1.82, 2.24) is 4.98 Å². The molecule has 1 atom stereocenters. The summed E-state index contributed by atoms with van der Waals surface area (Å²) in [6.07, 6.45) is 2.87. The fourth-order valence-electron chi connectivity index (χ4n) is 2.73. The van der Waals surface area contributed by atoms with Crippen molar-refractivity contribution in [2.24, 2.45) is 5.73 Å². The summed E-state index contributed by atoms with van der Waals surface area (Å²) in [5.74, 6) is -0.283. The van der Waals surface area contributed by atoms with E-state index in [0.717, 1.165) is 22.2 Å². The number of aromatic nitrogens is 1. The van der Waals surface area contributed by atoms with E-state index in [2.05, 4.69) is 23.2 Å². The first-order chi connectivity index (χ1) is 9.08. The molecule has 4 N–H and O–H groups in total. The Kier molecular flexibility index (Phi) is 2.82. The third-order valence-corrected chi connectivity index (χ3v) is 3.95. The predicted molar refractivity (Wildman–Crippen MR) is 74.3 cm³/mol. The van der Waals surface area contributed by atoms with E-state index in [1.54, 1.807) is 0 Å². The summed E-state index contributed by atoms with van der Waals surface area (Å²) < 4.78 is 0. The largest absolute Gasteiger partial charge is 0.480 e. The number of carbonyl (C=O) groups is 1. The fourth-order valence-corrected chi connectivity index (χ4v) is 2.73. The highest BCUT2D eigenvalue weighted by Gasteiger charge is 2.27. The van der Waals surface area contributed by atoms with E-state index in [1.165, 1.54) is 18.4 Å². The molecule has 0 radical (unpaired) electrons. The van der Waals surface area contributed by atoms with Crippen LogP contribution < -0.4 is 5.73 Å². The van der Waals surface area contributed by atoms with Gasteiger partial charge in [-0.1, -0.05) is 18.2 Å². The minimum atomic E-state index is -0.952. The number of nitrogens with two attached hydrogens (primary N) is 1. The summed E-state index contributed by atoms with van der Waals surface area (Å²) in [5.41, 5.74) is 10.2. The Labute approximate surface area is 111 Å². The molecule has 1 aromatic heterocycles. The third-order valence-electron chi connectivity index (χ3n) is 3.95. The van der Waals surface area contributed by atoms with Gasteiger partial charge >= 0.3 is 5.97 Å². The van der Waals surface area contributed by atoms with Crippen LogP contribution in [0.25, 0.3) is 10.9 Å². The number of hydrogen-bond acceptors (Lipinski definition) is 2. The Morgan fingerprint density at radius 2 is 2.26 bits per heavy atom. The summed E-state index contributed by atoms with van der Waals surface area (Å²) >= 11 is 0. The number of H-pyrrole nitrogens is 1. The number of aliphatic carboxylic acids is 1. The second kappa shape index (κ2) is 4.38. The Morgan fingerprint density at radius 1 is 1.53 bits per heavy atom. The van der Waals surface area contributed by atoms with Crippen LogP contribution in [0.5, 0.6) is 0 Å². The van der Waals surface area contributed by atoms with Gasteiger partial charge in [0, 0.05) is 23.0 Å². The number of aryl methyl sites for hydroxylation is 1. The van der Waals surface area contributed by atoms with Gasteiger partial charge in [0.25, 0.3) is 0 Å². The van der Waals surface area contributed by atoms with E-state index >= 15 is 0 Å². The minimum Gasteiger partial charge on any atom is -0.480 e. The van der Waals surface area contributed by atoms with Gasteiger partial charge in [-0.25, -0.2) is 0 Å². The Balaban J connectivity index is 2.07. The molecule has 0 aliphatic heterocycles. The Hall–Kier alpha value is -1.81. The zero-order valence-electron chi connectivity index (χ0n) is 10.9. The first-order valence-electron chi connectivity index (χ1n) is 6.66. The molecule has 1 aromatic carbocycles. The van der Waals surface area contributed by atoms with Crippen LogP contribution in [0.2, 0.25) is 0 Å². The molecule has 3 rings (SSSR count). The highest BCUT2D eigenvalue weighted by molar-refractivity contribution is 5.88. The molecule has 100 valence electrons. The Bertz CT molecular complexity index is 641. The van der Waals surface area contributed by atoms with Crippen molar-refractivity contribution in [3.63, 3.8) is 0 Å². The number of para-hydroxylation sites is 1. The first-order valence-corrected chi connectivity index (χ1v) is 6.66. The van der Waals surface area contributed by atoms with E-state index in [9.17, 15) is 4.79 Å².